The smallest absolute Gasteiger partial charge is 0.137 e. The SMILES string of the molecule is CCCCCCCC/C=C\CCCCCCCC(=O)CC(CN1CCN(C)CC1)C(=O)CCCCCCC/C=C\CCCCCCCC. The van der Waals surface area contributed by atoms with Crippen LogP contribution in [-0.2, 0) is 9.59 Å². The summed E-state index contributed by atoms with van der Waals surface area (Å²) in [5.74, 6) is 0.537. The van der Waals surface area contributed by atoms with E-state index in [1.165, 1.54) is 141 Å². The molecule has 4 heteroatoms. The highest BCUT2D eigenvalue weighted by Gasteiger charge is 2.25. The molecule has 0 N–H and O–H groups in total. The van der Waals surface area contributed by atoms with Gasteiger partial charge in [-0.05, 0) is 71.3 Å². The molecule has 0 aromatic carbocycles. The zero-order valence-electron chi connectivity index (χ0n) is 32.6. The van der Waals surface area contributed by atoms with Crippen molar-refractivity contribution in [1.29, 1.82) is 0 Å². The van der Waals surface area contributed by atoms with Crippen molar-refractivity contribution in [3.05, 3.63) is 24.3 Å². The molecule has 0 bridgehead atoms. The zero-order valence-corrected chi connectivity index (χ0v) is 32.6. The molecule has 1 aliphatic rings. The maximum atomic E-state index is 13.4. The van der Waals surface area contributed by atoms with Crippen molar-refractivity contribution in [2.45, 2.75) is 200 Å². The highest BCUT2D eigenvalue weighted by atomic mass is 16.1. The number of nitrogens with zero attached hydrogens (tertiary/aromatic N) is 2. The largest absolute Gasteiger partial charge is 0.304 e. The number of Topliss-reactive ketones (excluding diaryl/α,β-unsaturated/α-hetero) is 2. The predicted octanol–water partition coefficient (Wildman–Crippen LogP) is 12.5. The van der Waals surface area contributed by atoms with Crippen molar-refractivity contribution in [2.24, 2.45) is 5.92 Å². The van der Waals surface area contributed by atoms with Gasteiger partial charge in [-0.15, -0.1) is 0 Å². The van der Waals surface area contributed by atoms with Gasteiger partial charge < -0.3 is 9.80 Å². The molecule has 1 saturated heterocycles. The number of hydrogen-bond acceptors (Lipinski definition) is 4. The third-order valence-corrected chi connectivity index (χ3v) is 10.4. The van der Waals surface area contributed by atoms with Crippen molar-refractivity contribution in [1.82, 2.24) is 9.80 Å². The van der Waals surface area contributed by atoms with Crippen molar-refractivity contribution in [2.75, 3.05) is 39.8 Å². The van der Waals surface area contributed by atoms with E-state index in [1.807, 2.05) is 0 Å². The van der Waals surface area contributed by atoms with Crippen LogP contribution in [0.5, 0.6) is 0 Å². The molecule has 1 unspecified atom stereocenters. The summed E-state index contributed by atoms with van der Waals surface area (Å²) in [5, 5.41) is 0. The second kappa shape index (κ2) is 34.2. The number of rotatable bonds is 35. The van der Waals surface area contributed by atoms with Crippen molar-refractivity contribution >= 4 is 11.6 Å². The first-order valence-corrected chi connectivity index (χ1v) is 21.3. The van der Waals surface area contributed by atoms with Crippen LogP contribution >= 0.6 is 0 Å². The number of likely N-dealkylation sites (N-methyl/N-ethyl adjacent to an activating group) is 1. The van der Waals surface area contributed by atoms with Crippen LogP contribution in [0.25, 0.3) is 0 Å². The minimum atomic E-state index is -0.110. The van der Waals surface area contributed by atoms with E-state index in [0.717, 1.165) is 58.4 Å². The molecule has 0 aromatic heterocycles. The molecule has 0 amide bonds. The van der Waals surface area contributed by atoms with Gasteiger partial charge in [-0.3, -0.25) is 9.59 Å². The summed E-state index contributed by atoms with van der Waals surface area (Å²) in [6, 6.07) is 0. The minimum absolute atomic E-state index is 0.110. The fourth-order valence-corrected chi connectivity index (χ4v) is 6.97. The zero-order chi connectivity index (χ0) is 34.8. The number of piperazine rings is 1. The number of carbonyl (C=O) groups is 2. The van der Waals surface area contributed by atoms with Gasteiger partial charge in [0, 0.05) is 57.9 Å². The number of allylic oxidation sites excluding steroid dienone is 4. The highest BCUT2D eigenvalue weighted by molar-refractivity contribution is 5.88. The average Bonchev–Trinajstić information content (AvgIpc) is 3.08. The number of hydrogen-bond donors (Lipinski definition) is 0. The van der Waals surface area contributed by atoms with E-state index >= 15 is 0 Å². The Bertz CT molecular complexity index is 783. The lowest BCUT2D eigenvalue weighted by atomic mass is 9.91. The van der Waals surface area contributed by atoms with Gasteiger partial charge in [0.15, 0.2) is 0 Å². The van der Waals surface area contributed by atoms with Gasteiger partial charge in [-0.25, -0.2) is 0 Å². The topological polar surface area (TPSA) is 40.6 Å². The Labute approximate surface area is 300 Å². The lowest BCUT2D eigenvalue weighted by molar-refractivity contribution is -0.129. The lowest BCUT2D eigenvalue weighted by Crippen LogP contribution is -2.47. The van der Waals surface area contributed by atoms with E-state index in [9.17, 15) is 9.59 Å². The van der Waals surface area contributed by atoms with E-state index in [0.29, 0.717) is 30.8 Å². The standard InChI is InChI=1S/C44H82N2O2/c1-4-6-8-10-12-14-16-18-20-22-24-26-28-30-32-34-43(47)40-42(41-46-38-36-45(3)37-39-46)44(48)35-33-31-29-27-25-23-21-19-17-15-13-11-9-7-5-2/h18-21,42H,4-17,22-41H2,1-3H3/b20-18-,21-19-. The van der Waals surface area contributed by atoms with Crippen LogP contribution in [0.15, 0.2) is 24.3 Å². The van der Waals surface area contributed by atoms with Crippen LogP contribution in [0.3, 0.4) is 0 Å². The summed E-state index contributed by atoms with van der Waals surface area (Å²) in [7, 11) is 2.17. The average molecular weight is 671 g/mol. The van der Waals surface area contributed by atoms with Crippen molar-refractivity contribution in [3.63, 3.8) is 0 Å². The van der Waals surface area contributed by atoms with E-state index in [-0.39, 0.29) is 5.92 Å². The minimum Gasteiger partial charge on any atom is -0.304 e. The van der Waals surface area contributed by atoms with Crippen LogP contribution in [0.4, 0.5) is 0 Å². The molecule has 1 rings (SSSR count). The first-order chi connectivity index (χ1) is 23.6. The molecule has 0 spiro atoms. The molecule has 4 nitrogen and oxygen atoms in total. The number of unbranched alkanes of at least 4 members (excludes halogenated alkanes) is 22. The third-order valence-electron chi connectivity index (χ3n) is 10.4. The Hall–Kier alpha value is -1.26. The molecule has 0 aromatic rings. The molecule has 0 saturated carbocycles. The summed E-state index contributed by atoms with van der Waals surface area (Å²) in [5.41, 5.74) is 0. The van der Waals surface area contributed by atoms with Gasteiger partial charge in [0.1, 0.15) is 11.6 Å². The summed E-state index contributed by atoms with van der Waals surface area (Å²) in [6.45, 7) is 9.46. The Morgan fingerprint density at radius 2 is 0.875 bits per heavy atom. The number of ketones is 2. The molecular formula is C44H82N2O2. The fourth-order valence-electron chi connectivity index (χ4n) is 6.97. The summed E-state index contributed by atoms with van der Waals surface area (Å²) in [4.78, 5) is 31.2. The first-order valence-electron chi connectivity index (χ1n) is 21.3. The second-order valence-electron chi connectivity index (χ2n) is 15.2. The molecule has 48 heavy (non-hydrogen) atoms. The molecule has 0 aliphatic carbocycles. The summed E-state index contributed by atoms with van der Waals surface area (Å²) in [6.07, 6.45) is 44.4. The monoisotopic (exact) mass is 671 g/mol. The van der Waals surface area contributed by atoms with E-state index in [2.05, 4.69) is 55.0 Å². The molecule has 0 radical (unpaired) electrons. The molecule has 1 aliphatic heterocycles. The predicted molar refractivity (Wildman–Crippen MR) is 211 cm³/mol. The van der Waals surface area contributed by atoms with E-state index in [4.69, 9.17) is 0 Å². The van der Waals surface area contributed by atoms with Crippen LogP contribution in [-0.4, -0.2) is 61.1 Å². The van der Waals surface area contributed by atoms with Crippen LogP contribution in [0.2, 0.25) is 0 Å². The maximum absolute atomic E-state index is 13.4. The Balaban J connectivity index is 2.18. The second-order valence-corrected chi connectivity index (χ2v) is 15.2. The maximum Gasteiger partial charge on any atom is 0.137 e. The quantitative estimate of drug-likeness (QED) is 0.0497. The molecule has 280 valence electrons. The van der Waals surface area contributed by atoms with Gasteiger partial charge in [0.25, 0.3) is 0 Å². The highest BCUT2D eigenvalue weighted by Crippen LogP contribution is 2.18. The van der Waals surface area contributed by atoms with Crippen molar-refractivity contribution < 1.29 is 9.59 Å². The van der Waals surface area contributed by atoms with Gasteiger partial charge in [-0.2, -0.15) is 0 Å². The molecule has 1 heterocycles. The first kappa shape index (κ1) is 44.8. The third kappa shape index (κ3) is 28.6. The van der Waals surface area contributed by atoms with Gasteiger partial charge >= 0.3 is 0 Å². The molecule has 1 fully saturated rings. The van der Waals surface area contributed by atoms with Gasteiger partial charge in [0.2, 0.25) is 0 Å². The van der Waals surface area contributed by atoms with Gasteiger partial charge in [-0.1, -0.05) is 141 Å². The molecular weight excluding hydrogens is 588 g/mol. The van der Waals surface area contributed by atoms with E-state index in [1.54, 1.807) is 0 Å². The van der Waals surface area contributed by atoms with Crippen LogP contribution in [0.1, 0.15) is 200 Å². The van der Waals surface area contributed by atoms with E-state index < -0.39 is 0 Å². The normalized spacial score (nSPS) is 15.2. The van der Waals surface area contributed by atoms with Crippen LogP contribution in [0, 0.1) is 5.92 Å². The Morgan fingerprint density at radius 3 is 1.31 bits per heavy atom. The Morgan fingerprint density at radius 1 is 0.500 bits per heavy atom. The molecule has 1 atom stereocenters. The van der Waals surface area contributed by atoms with Gasteiger partial charge in [0.05, 0.1) is 0 Å². The number of carbonyl (C=O) groups excluding carboxylic acids is 2. The lowest BCUT2D eigenvalue weighted by Gasteiger charge is -2.34. The fraction of sp³-hybridized carbons (Fsp3) is 0.864. The summed E-state index contributed by atoms with van der Waals surface area (Å²) >= 11 is 0. The Kier molecular flexibility index (Phi) is 31.9. The summed E-state index contributed by atoms with van der Waals surface area (Å²) < 4.78 is 0. The van der Waals surface area contributed by atoms with Crippen LogP contribution < -0.4 is 0 Å². The van der Waals surface area contributed by atoms with Crippen molar-refractivity contribution in [3.8, 4) is 0 Å².